The molecule has 1 amide bonds. The van der Waals surface area contributed by atoms with Gasteiger partial charge in [-0.2, -0.15) is 10.2 Å². The van der Waals surface area contributed by atoms with Crippen molar-refractivity contribution in [2.75, 3.05) is 11.3 Å². The molecule has 2 saturated carbocycles. The summed E-state index contributed by atoms with van der Waals surface area (Å²) in [6.07, 6.45) is -9.04. The normalized spacial score (nSPS) is 25.5. The zero-order valence-corrected chi connectivity index (χ0v) is 50.3. The minimum atomic E-state index is -3.79. The minimum absolute atomic E-state index is 0.00289. The van der Waals surface area contributed by atoms with Crippen LogP contribution in [0.4, 0.5) is 17.2 Å². The highest BCUT2D eigenvalue weighted by molar-refractivity contribution is 7.92. The van der Waals surface area contributed by atoms with Crippen LogP contribution in [0.25, 0.3) is 0 Å². The first-order chi connectivity index (χ1) is 42.6. The quantitative estimate of drug-likeness (QED) is 0.0214. The molecule has 10 rings (SSSR count). The molecule has 25 heteroatoms. The Morgan fingerprint density at radius 3 is 1.94 bits per heavy atom. The van der Waals surface area contributed by atoms with E-state index in [0.717, 1.165) is 13.8 Å². The topological polar surface area (TPSA) is 363 Å². The predicted molar refractivity (Wildman–Crippen MR) is 318 cm³/mol. The van der Waals surface area contributed by atoms with Gasteiger partial charge in [-0.3, -0.25) is 23.9 Å². The first-order valence-electron chi connectivity index (χ1n) is 28.3. The second-order valence-corrected chi connectivity index (χ2v) is 24.6. The molecule has 2 bridgehead atoms. The van der Waals surface area contributed by atoms with E-state index < -0.39 is 129 Å². The number of benzene rings is 5. The van der Waals surface area contributed by atoms with Crippen LogP contribution < -0.4 is 10.0 Å². The summed E-state index contributed by atoms with van der Waals surface area (Å²) >= 11 is 0. The van der Waals surface area contributed by atoms with E-state index in [1.165, 1.54) is 80.7 Å². The van der Waals surface area contributed by atoms with Gasteiger partial charge in [0.05, 0.1) is 51.9 Å². The number of pyridine rings is 1. The largest absolute Gasteiger partial charge is 0.507 e. The van der Waals surface area contributed by atoms with Crippen LogP contribution in [0.5, 0.6) is 5.75 Å². The van der Waals surface area contributed by atoms with Crippen LogP contribution in [0, 0.1) is 16.7 Å². The van der Waals surface area contributed by atoms with Crippen LogP contribution in [0.2, 0.25) is 0 Å². The molecule has 6 aromatic rings. The number of Topliss-reactive ketones (excluding diaryl/α,β-unsaturated/α-hetero) is 1. The van der Waals surface area contributed by atoms with Gasteiger partial charge in [-0.15, -0.1) is 0 Å². The number of esters is 4. The molecule has 90 heavy (non-hydrogen) atoms. The van der Waals surface area contributed by atoms with Crippen LogP contribution in [0.15, 0.2) is 184 Å². The fourth-order valence-electron chi connectivity index (χ4n) is 12.4. The number of aromatic hydroxyl groups is 1. The van der Waals surface area contributed by atoms with Crippen molar-refractivity contribution in [3.05, 3.63) is 191 Å². The van der Waals surface area contributed by atoms with Gasteiger partial charge in [0.2, 0.25) is 0 Å². The third-order valence-electron chi connectivity index (χ3n) is 17.0. The number of fused-ring (bicyclic) bond motifs is 5. The monoisotopic (exact) mass is 1250 g/mol. The lowest BCUT2D eigenvalue weighted by molar-refractivity contribution is -0.346. The van der Waals surface area contributed by atoms with Crippen LogP contribution in [0.1, 0.15) is 97.1 Å². The summed E-state index contributed by atoms with van der Waals surface area (Å²) < 4.78 is 57.3. The number of aromatic carboxylic acids is 1. The Kier molecular flexibility index (Phi) is 18.7. The van der Waals surface area contributed by atoms with Gasteiger partial charge in [-0.1, -0.05) is 86.6 Å². The Morgan fingerprint density at radius 1 is 0.767 bits per heavy atom. The molecule has 1 saturated heterocycles. The lowest BCUT2D eigenvalue weighted by Crippen LogP contribution is -2.82. The molecule has 24 nitrogen and oxygen atoms in total. The first-order valence-corrected chi connectivity index (χ1v) is 29.8. The average Bonchev–Trinajstić information content (AvgIpc) is 0.671. The van der Waals surface area contributed by atoms with E-state index in [0.29, 0.717) is 11.3 Å². The van der Waals surface area contributed by atoms with Crippen molar-refractivity contribution >= 4 is 68.8 Å². The van der Waals surface area contributed by atoms with Crippen molar-refractivity contribution in [1.29, 1.82) is 0 Å². The summed E-state index contributed by atoms with van der Waals surface area (Å²) in [7, 11) is -3.79. The SMILES string of the molecule is CC(=O)O[C@H]1C(=O)[C@@]2(C)[C@H]([C@H](OC(=O)c3ccccc3)[C@]3(O)C[C@H](OC(=O)[C@H](O)[C@@H](NC(=O)c4ccccc4)c4ccccc4)C(C)=C1C3(C)C)[C@]1(OC(C)=O)CO[C@@H]1C[C@@H]2O.O=C(O)c1cc(N=Nc2ccc(S(=O)(=O)Nc3ccccn3)cc2)ccc1O. The number of hydrogen-bond acceptors (Lipinski definition) is 21. The molecule has 3 fully saturated rings. The number of aromatic nitrogens is 1. The van der Waals surface area contributed by atoms with E-state index in [-0.39, 0.29) is 63.0 Å². The van der Waals surface area contributed by atoms with Gasteiger partial charge >= 0.3 is 29.8 Å². The molecule has 3 aliphatic carbocycles. The Balaban J connectivity index is 0.000000285. The van der Waals surface area contributed by atoms with Crippen LogP contribution in [0.3, 0.4) is 0 Å². The van der Waals surface area contributed by atoms with Gasteiger partial charge in [-0.25, -0.2) is 27.8 Å². The standard InChI is InChI=1S/C47H51NO14.C18H14N4O5S/c1-25-31(60-43(56)36(52)35(28-16-10-7-11-17-28)48-41(54)29-18-12-8-13-19-29)23-47(57)40(61-42(55)30-20-14-9-15-21-30)38-45(6,32(51)22-33-46(38,24-58-33)62-27(3)50)39(53)37(59-26(2)49)34(25)44(47,4)5;23-16-9-6-13(11-15(16)18(24)25)21-20-12-4-7-14(8-5-12)28(26,27)22-17-3-1-2-10-19-17/h7-21,31-33,35-38,40,51-52,57H,22-24H2,1-6H3,(H,48,54);1-11,23H,(H,19,22)(H,24,25)/t31-,32-,33+,35-,36+,37+,38-,40-,45+,46-,47+;/m0./s1. The van der Waals surface area contributed by atoms with Crippen molar-refractivity contribution < 1.29 is 91.2 Å². The Labute approximate surface area is 516 Å². The summed E-state index contributed by atoms with van der Waals surface area (Å²) in [5.74, 6) is -8.30. The highest BCUT2D eigenvalue weighted by Crippen LogP contribution is 2.64. The molecule has 4 aliphatic rings. The number of ether oxygens (including phenoxy) is 5. The van der Waals surface area contributed by atoms with Gasteiger partial charge < -0.3 is 54.5 Å². The smallest absolute Gasteiger partial charge is 0.339 e. The summed E-state index contributed by atoms with van der Waals surface area (Å²) in [6, 6.07) is 37.2. The number of phenols is 1. The molecule has 1 aromatic heterocycles. The summed E-state index contributed by atoms with van der Waals surface area (Å²) in [5, 5.41) is 66.5. The number of azo groups is 1. The second kappa shape index (κ2) is 25.9. The first kappa shape index (κ1) is 64.9. The molecular formula is C65H65N5O19S. The second-order valence-electron chi connectivity index (χ2n) is 22.9. The van der Waals surface area contributed by atoms with E-state index in [9.17, 15) is 57.6 Å². The molecule has 5 aromatic carbocycles. The number of rotatable bonds is 16. The van der Waals surface area contributed by atoms with Crippen LogP contribution in [-0.4, -0.2) is 135 Å². The van der Waals surface area contributed by atoms with E-state index in [2.05, 4.69) is 25.3 Å². The Bertz CT molecular complexity index is 3890. The number of aliphatic hydroxyl groups excluding tert-OH is 2. The summed E-state index contributed by atoms with van der Waals surface area (Å²) in [6.45, 7) is 7.97. The summed E-state index contributed by atoms with van der Waals surface area (Å²) in [5.41, 5.74) is -6.72. The molecule has 0 radical (unpaired) electrons. The zero-order valence-electron chi connectivity index (χ0n) is 49.5. The number of sulfonamides is 1. The number of nitrogens with one attached hydrogen (secondary N) is 2. The number of anilines is 1. The van der Waals surface area contributed by atoms with Gasteiger partial charge in [-0.05, 0) is 109 Å². The van der Waals surface area contributed by atoms with E-state index >= 15 is 4.79 Å². The third-order valence-corrected chi connectivity index (χ3v) is 18.4. The molecule has 0 spiro atoms. The number of aliphatic hydroxyl groups is 3. The number of amides is 1. The lowest BCUT2D eigenvalue weighted by atomic mass is 9.44. The van der Waals surface area contributed by atoms with E-state index in [4.69, 9.17) is 28.8 Å². The molecule has 11 atom stereocenters. The molecular weight excluding hydrogens is 1190 g/mol. The Morgan fingerprint density at radius 2 is 1.37 bits per heavy atom. The summed E-state index contributed by atoms with van der Waals surface area (Å²) in [4.78, 5) is 98.4. The average molecular weight is 1250 g/mol. The molecule has 1 aliphatic heterocycles. The van der Waals surface area contributed by atoms with Gasteiger partial charge in [0, 0.05) is 43.9 Å². The number of hydrogen-bond donors (Lipinski definition) is 7. The lowest BCUT2D eigenvalue weighted by Gasteiger charge is -2.67. The highest BCUT2D eigenvalue weighted by atomic mass is 32.2. The number of carbonyl (C=O) groups excluding carboxylic acids is 6. The van der Waals surface area contributed by atoms with Crippen LogP contribution >= 0.6 is 0 Å². The zero-order chi connectivity index (χ0) is 65.1. The van der Waals surface area contributed by atoms with E-state index in [1.807, 2.05) is 0 Å². The fourth-order valence-corrected chi connectivity index (χ4v) is 13.4. The molecule has 470 valence electrons. The number of carboxylic acids is 1. The van der Waals surface area contributed by atoms with Gasteiger partial charge in [0.15, 0.2) is 23.6 Å². The number of carboxylic acid groups (broad SMARTS) is 1. The maximum absolute atomic E-state index is 15.5. The third kappa shape index (κ3) is 12.7. The number of nitrogens with zero attached hydrogens (tertiary/aromatic N) is 3. The van der Waals surface area contributed by atoms with E-state index in [1.54, 1.807) is 105 Å². The van der Waals surface area contributed by atoms with Crippen molar-refractivity contribution in [3.8, 4) is 5.75 Å². The molecule has 0 unspecified atom stereocenters. The maximum Gasteiger partial charge on any atom is 0.339 e. The number of ketones is 1. The molecule has 2 heterocycles. The van der Waals surface area contributed by atoms with Gasteiger partial charge in [0.25, 0.3) is 15.9 Å². The van der Waals surface area contributed by atoms with Crippen LogP contribution in [-0.2, 0) is 52.9 Å². The minimum Gasteiger partial charge on any atom is -0.507 e. The predicted octanol–water partition coefficient (Wildman–Crippen LogP) is 7.44. The maximum atomic E-state index is 15.5. The van der Waals surface area contributed by atoms with Gasteiger partial charge in [0.1, 0.15) is 41.0 Å². The van der Waals surface area contributed by atoms with Crippen molar-refractivity contribution in [3.63, 3.8) is 0 Å². The van der Waals surface area contributed by atoms with Crippen molar-refractivity contribution in [2.45, 2.75) is 113 Å². The molecule has 7 N–H and O–H groups in total. The van der Waals surface area contributed by atoms with Crippen molar-refractivity contribution in [2.24, 2.45) is 27.0 Å². The Hall–Kier alpha value is -9.53. The van der Waals surface area contributed by atoms with Crippen molar-refractivity contribution in [1.82, 2.24) is 10.3 Å². The highest BCUT2D eigenvalue weighted by Gasteiger charge is 2.78. The number of carbonyl (C=O) groups is 7. The fraction of sp³-hybridized carbons (Fsp3) is 0.323.